The van der Waals surface area contributed by atoms with Crippen molar-refractivity contribution in [3.8, 4) is 0 Å². The number of halogens is 1. The Labute approximate surface area is 73.9 Å². The highest BCUT2D eigenvalue weighted by molar-refractivity contribution is 5.85. The van der Waals surface area contributed by atoms with Crippen molar-refractivity contribution in [1.82, 2.24) is 0 Å². The fourth-order valence-corrected chi connectivity index (χ4v) is 0.523. The molecule has 11 heavy (non-hydrogen) atoms. The molecule has 0 aromatic heterocycles. The highest BCUT2D eigenvalue weighted by Crippen LogP contribution is 2.18. The summed E-state index contributed by atoms with van der Waals surface area (Å²) >= 11 is 0. The van der Waals surface area contributed by atoms with Gasteiger partial charge in [0.15, 0.2) is 0 Å². The van der Waals surface area contributed by atoms with Crippen LogP contribution in [0.2, 0.25) is 0 Å². The lowest BCUT2D eigenvalue weighted by Gasteiger charge is -2.25. The van der Waals surface area contributed by atoms with Crippen molar-refractivity contribution >= 4 is 18.3 Å². The van der Waals surface area contributed by atoms with Crippen molar-refractivity contribution in [3.05, 3.63) is 0 Å². The minimum Gasteiger partial charge on any atom is -0.370 e. The summed E-state index contributed by atoms with van der Waals surface area (Å²) < 4.78 is 0. The molecule has 4 heteroatoms. The van der Waals surface area contributed by atoms with Crippen LogP contribution in [0.3, 0.4) is 0 Å². The summed E-state index contributed by atoms with van der Waals surface area (Å²) in [5, 5.41) is 0. The number of carbonyl (C=O) groups is 1. The van der Waals surface area contributed by atoms with E-state index in [2.05, 4.69) is 0 Å². The third kappa shape index (κ3) is 6.13. The van der Waals surface area contributed by atoms with Crippen molar-refractivity contribution in [3.63, 3.8) is 0 Å². The summed E-state index contributed by atoms with van der Waals surface area (Å²) in [5.41, 5.74) is 10.6. The number of amides is 1. The summed E-state index contributed by atoms with van der Waals surface area (Å²) in [4.78, 5) is 10.4. The molecule has 0 aromatic rings. The molecule has 0 bridgehead atoms. The molecule has 0 radical (unpaired) electrons. The lowest BCUT2D eigenvalue weighted by molar-refractivity contribution is -0.118. The summed E-state index contributed by atoms with van der Waals surface area (Å²) in [6, 6.07) is -0.134. The van der Waals surface area contributed by atoms with Crippen molar-refractivity contribution in [2.24, 2.45) is 16.9 Å². The molecule has 0 aromatic carbocycles. The van der Waals surface area contributed by atoms with E-state index >= 15 is 0 Å². The standard InChI is InChI=1S/C7H16N2O.ClH/c1-7(2,3)5(8)4-6(9)10;/h5H,4,8H2,1-3H3,(H2,9,10);1H. The van der Waals surface area contributed by atoms with E-state index in [9.17, 15) is 4.79 Å². The normalized spacial score (nSPS) is 13.5. The van der Waals surface area contributed by atoms with Crippen LogP contribution < -0.4 is 11.5 Å². The van der Waals surface area contributed by atoms with Gasteiger partial charge in [-0.25, -0.2) is 0 Å². The van der Waals surface area contributed by atoms with Gasteiger partial charge in [0.05, 0.1) is 0 Å². The third-order valence-electron chi connectivity index (χ3n) is 1.53. The van der Waals surface area contributed by atoms with Gasteiger partial charge in [0.2, 0.25) is 5.91 Å². The van der Waals surface area contributed by atoms with Crippen LogP contribution in [0.25, 0.3) is 0 Å². The zero-order chi connectivity index (χ0) is 8.36. The lowest BCUT2D eigenvalue weighted by Crippen LogP contribution is -2.38. The van der Waals surface area contributed by atoms with Crippen LogP contribution in [-0.4, -0.2) is 11.9 Å². The van der Waals surface area contributed by atoms with E-state index in [4.69, 9.17) is 11.5 Å². The van der Waals surface area contributed by atoms with Gasteiger partial charge in [-0.3, -0.25) is 4.79 Å². The summed E-state index contributed by atoms with van der Waals surface area (Å²) in [7, 11) is 0. The molecule has 0 aliphatic carbocycles. The molecule has 3 nitrogen and oxygen atoms in total. The zero-order valence-electron chi connectivity index (χ0n) is 7.26. The van der Waals surface area contributed by atoms with Crippen LogP contribution in [0.1, 0.15) is 27.2 Å². The molecule has 0 aliphatic rings. The molecule has 1 atom stereocenters. The van der Waals surface area contributed by atoms with Crippen LogP contribution in [-0.2, 0) is 4.79 Å². The minimum atomic E-state index is -0.331. The molecule has 0 rings (SSSR count). The Morgan fingerprint density at radius 2 is 1.82 bits per heavy atom. The minimum absolute atomic E-state index is 0. The molecule has 0 spiro atoms. The predicted molar refractivity (Wildman–Crippen MR) is 48.5 cm³/mol. The number of nitrogens with two attached hydrogens (primary N) is 2. The molecule has 1 unspecified atom stereocenters. The van der Waals surface area contributed by atoms with Crippen molar-refractivity contribution in [1.29, 1.82) is 0 Å². The molecular formula is C7H17ClN2O. The Bertz CT molecular complexity index is 131. The van der Waals surface area contributed by atoms with Crippen LogP contribution in [0, 0.1) is 5.41 Å². The molecule has 4 N–H and O–H groups in total. The summed E-state index contributed by atoms with van der Waals surface area (Å²) in [6.45, 7) is 5.96. The number of hydrogen-bond acceptors (Lipinski definition) is 2. The van der Waals surface area contributed by atoms with E-state index in [1.807, 2.05) is 20.8 Å². The Morgan fingerprint density at radius 1 is 1.45 bits per heavy atom. The first-order valence-corrected chi connectivity index (χ1v) is 3.38. The number of primary amides is 1. The van der Waals surface area contributed by atoms with Gasteiger partial charge < -0.3 is 11.5 Å². The Kier molecular flexibility index (Phi) is 5.53. The first-order chi connectivity index (χ1) is 4.34. The van der Waals surface area contributed by atoms with Crippen LogP contribution in [0.4, 0.5) is 0 Å². The van der Waals surface area contributed by atoms with Gasteiger partial charge >= 0.3 is 0 Å². The van der Waals surface area contributed by atoms with Crippen LogP contribution in [0.15, 0.2) is 0 Å². The van der Waals surface area contributed by atoms with E-state index in [0.29, 0.717) is 0 Å². The zero-order valence-corrected chi connectivity index (χ0v) is 8.07. The van der Waals surface area contributed by atoms with E-state index < -0.39 is 0 Å². The van der Waals surface area contributed by atoms with E-state index in [0.717, 1.165) is 0 Å². The first-order valence-electron chi connectivity index (χ1n) is 3.38. The summed E-state index contributed by atoms with van der Waals surface area (Å²) in [6.07, 6.45) is 0.267. The fourth-order valence-electron chi connectivity index (χ4n) is 0.523. The maximum atomic E-state index is 10.4. The Morgan fingerprint density at radius 3 is 1.91 bits per heavy atom. The van der Waals surface area contributed by atoms with E-state index in [-0.39, 0.29) is 36.2 Å². The Balaban J connectivity index is 0. The van der Waals surface area contributed by atoms with Gasteiger partial charge in [-0.15, -0.1) is 12.4 Å². The topological polar surface area (TPSA) is 69.1 Å². The maximum Gasteiger partial charge on any atom is 0.218 e. The van der Waals surface area contributed by atoms with E-state index in [1.165, 1.54) is 0 Å². The molecule has 0 saturated heterocycles. The predicted octanol–water partition coefficient (Wildman–Crippen LogP) is 0.657. The molecule has 0 heterocycles. The first kappa shape index (κ1) is 13.3. The van der Waals surface area contributed by atoms with Crippen LogP contribution in [0.5, 0.6) is 0 Å². The van der Waals surface area contributed by atoms with Gasteiger partial charge in [0, 0.05) is 12.5 Å². The van der Waals surface area contributed by atoms with Gasteiger partial charge in [-0.05, 0) is 5.41 Å². The average Bonchev–Trinajstić information content (AvgIpc) is 1.60. The van der Waals surface area contributed by atoms with Crippen molar-refractivity contribution < 1.29 is 4.79 Å². The second-order valence-corrected chi connectivity index (χ2v) is 3.64. The monoisotopic (exact) mass is 180 g/mol. The highest BCUT2D eigenvalue weighted by Gasteiger charge is 2.21. The molecule has 0 fully saturated rings. The molecule has 0 saturated carbocycles. The smallest absolute Gasteiger partial charge is 0.218 e. The third-order valence-corrected chi connectivity index (χ3v) is 1.53. The highest BCUT2D eigenvalue weighted by atomic mass is 35.5. The van der Waals surface area contributed by atoms with Gasteiger partial charge in [-0.2, -0.15) is 0 Å². The number of carbonyl (C=O) groups excluding carboxylic acids is 1. The van der Waals surface area contributed by atoms with Crippen molar-refractivity contribution in [2.45, 2.75) is 33.2 Å². The lowest BCUT2D eigenvalue weighted by atomic mass is 9.85. The maximum absolute atomic E-state index is 10.4. The second kappa shape index (κ2) is 4.57. The fraction of sp³-hybridized carbons (Fsp3) is 0.857. The Hall–Kier alpha value is -0.280. The molecular weight excluding hydrogens is 164 g/mol. The molecule has 0 aliphatic heterocycles. The largest absolute Gasteiger partial charge is 0.370 e. The van der Waals surface area contributed by atoms with Gasteiger partial charge in [0.1, 0.15) is 0 Å². The summed E-state index contributed by atoms with van der Waals surface area (Å²) in [5.74, 6) is -0.331. The number of hydrogen-bond donors (Lipinski definition) is 2. The molecule has 1 amide bonds. The molecule has 68 valence electrons. The average molecular weight is 181 g/mol. The van der Waals surface area contributed by atoms with E-state index in [1.54, 1.807) is 0 Å². The van der Waals surface area contributed by atoms with Gasteiger partial charge in [0.25, 0.3) is 0 Å². The van der Waals surface area contributed by atoms with Gasteiger partial charge in [-0.1, -0.05) is 20.8 Å². The SMILES string of the molecule is CC(C)(C)C(N)CC(N)=O.Cl. The second-order valence-electron chi connectivity index (χ2n) is 3.64. The van der Waals surface area contributed by atoms with Crippen molar-refractivity contribution in [2.75, 3.05) is 0 Å². The number of rotatable bonds is 2. The quantitative estimate of drug-likeness (QED) is 0.656. The van der Waals surface area contributed by atoms with Crippen LogP contribution >= 0.6 is 12.4 Å².